The maximum Gasteiger partial charge on any atom is 0.416 e. The number of aliphatic imine (C=N–C) groups is 1. The van der Waals surface area contributed by atoms with Crippen molar-refractivity contribution in [1.29, 1.82) is 0 Å². The summed E-state index contributed by atoms with van der Waals surface area (Å²) in [6.07, 6.45) is -0.0298. The Morgan fingerprint density at radius 1 is 1.07 bits per heavy atom. The van der Waals surface area contributed by atoms with Gasteiger partial charge in [0.1, 0.15) is 0 Å². The molecular weight excluding hydrogens is 537 g/mol. The molecule has 2 N–H and O–H groups in total. The highest BCUT2D eigenvalue weighted by atomic mass is 19.4. The Labute approximate surface area is 233 Å². The molecule has 4 heterocycles. The molecule has 212 valence electrons. The van der Waals surface area contributed by atoms with E-state index in [4.69, 9.17) is 10.5 Å². The van der Waals surface area contributed by atoms with E-state index < -0.39 is 29.1 Å². The van der Waals surface area contributed by atoms with E-state index >= 15 is 0 Å². The third-order valence-corrected chi connectivity index (χ3v) is 7.72. The molecule has 0 bridgehead atoms. The van der Waals surface area contributed by atoms with Crippen molar-refractivity contribution in [3.8, 4) is 0 Å². The molecule has 1 saturated heterocycles. The van der Waals surface area contributed by atoms with E-state index in [9.17, 15) is 22.8 Å². The van der Waals surface area contributed by atoms with Crippen molar-refractivity contribution in [1.82, 2.24) is 19.8 Å². The summed E-state index contributed by atoms with van der Waals surface area (Å²) in [6.45, 7) is 0.574. The second-order valence-corrected chi connectivity index (χ2v) is 10.5. The number of hydrogen-bond donors (Lipinski definition) is 1. The summed E-state index contributed by atoms with van der Waals surface area (Å²) in [7, 11) is 0. The number of guanidine groups is 1. The SMILES string of the molecule is NC1=NC(C[C@@H]2CCCO2)(c2ccccc2)C(=O)N1Cc1cc(C(=O)N2Cc3nccnc3C2)cc(C(F)(F)F)c1. The van der Waals surface area contributed by atoms with Crippen molar-refractivity contribution in [3.05, 3.63) is 94.6 Å². The predicted molar refractivity (Wildman–Crippen MR) is 141 cm³/mol. The number of benzene rings is 2. The van der Waals surface area contributed by atoms with Crippen LogP contribution in [-0.4, -0.2) is 50.3 Å². The van der Waals surface area contributed by atoms with Crippen molar-refractivity contribution in [3.63, 3.8) is 0 Å². The minimum Gasteiger partial charge on any atom is -0.378 e. The number of carbonyl (C=O) groups is 2. The van der Waals surface area contributed by atoms with Gasteiger partial charge in [-0.25, -0.2) is 4.99 Å². The van der Waals surface area contributed by atoms with E-state index in [0.717, 1.165) is 25.0 Å². The number of fused-ring (bicyclic) bond motifs is 1. The van der Waals surface area contributed by atoms with Crippen molar-refractivity contribution in [2.45, 2.75) is 56.7 Å². The summed E-state index contributed by atoms with van der Waals surface area (Å²) >= 11 is 0. The number of nitrogens with two attached hydrogens (primary N) is 1. The number of ether oxygens (including phenoxy) is 1. The lowest BCUT2D eigenvalue weighted by Gasteiger charge is -2.29. The molecule has 2 atom stereocenters. The van der Waals surface area contributed by atoms with Crippen LogP contribution in [-0.2, 0) is 40.9 Å². The lowest BCUT2D eigenvalue weighted by molar-refractivity contribution is -0.137. The van der Waals surface area contributed by atoms with Crippen LogP contribution in [0.5, 0.6) is 0 Å². The Morgan fingerprint density at radius 3 is 2.41 bits per heavy atom. The van der Waals surface area contributed by atoms with Crippen molar-refractivity contribution >= 4 is 17.8 Å². The van der Waals surface area contributed by atoms with Gasteiger partial charge in [-0.2, -0.15) is 13.2 Å². The maximum atomic E-state index is 14.0. The molecule has 0 saturated carbocycles. The smallest absolute Gasteiger partial charge is 0.378 e. The Morgan fingerprint density at radius 2 is 1.78 bits per heavy atom. The third kappa shape index (κ3) is 5.03. The molecule has 6 rings (SSSR count). The lowest BCUT2D eigenvalue weighted by Crippen LogP contribution is -2.44. The number of halogens is 3. The van der Waals surface area contributed by atoms with Crippen LogP contribution >= 0.6 is 0 Å². The van der Waals surface area contributed by atoms with E-state index in [1.165, 1.54) is 28.3 Å². The van der Waals surface area contributed by atoms with Crippen LogP contribution in [0.25, 0.3) is 0 Å². The molecule has 12 heteroatoms. The summed E-state index contributed by atoms with van der Waals surface area (Å²) in [5.41, 5.74) is 5.69. The summed E-state index contributed by atoms with van der Waals surface area (Å²) in [4.78, 5) is 43.0. The molecule has 0 spiro atoms. The van der Waals surface area contributed by atoms with Gasteiger partial charge < -0.3 is 15.4 Å². The number of alkyl halides is 3. The highest BCUT2D eigenvalue weighted by Gasteiger charge is 2.51. The summed E-state index contributed by atoms with van der Waals surface area (Å²) in [6, 6.07) is 12.1. The van der Waals surface area contributed by atoms with Crippen LogP contribution < -0.4 is 5.73 Å². The Balaban J connectivity index is 1.32. The summed E-state index contributed by atoms with van der Waals surface area (Å²) in [5, 5.41) is 0. The standard InChI is InChI=1S/C29H27F3N6O3/c30-29(31,32)21-12-18(11-19(13-21)25(39)37-16-23-24(17-37)35-9-8-34-23)15-38-26(40)28(36-27(38)33,14-22-7-4-10-41-22)20-5-2-1-3-6-20/h1-3,5-6,8-9,11-13,22H,4,7,10,14-17H2,(H2,33,36)/t22-,28?/m0/s1. The second-order valence-electron chi connectivity index (χ2n) is 10.5. The minimum atomic E-state index is -4.72. The fourth-order valence-electron chi connectivity index (χ4n) is 5.73. The number of rotatable bonds is 6. The summed E-state index contributed by atoms with van der Waals surface area (Å²) < 4.78 is 47.7. The van der Waals surface area contributed by atoms with Gasteiger partial charge in [-0.1, -0.05) is 30.3 Å². The minimum absolute atomic E-state index is 0.101. The first-order valence-corrected chi connectivity index (χ1v) is 13.3. The zero-order chi connectivity index (χ0) is 28.8. The predicted octanol–water partition coefficient (Wildman–Crippen LogP) is 3.77. The van der Waals surface area contributed by atoms with E-state index in [1.807, 2.05) is 6.07 Å². The number of hydrogen-bond acceptors (Lipinski definition) is 7. The molecule has 41 heavy (non-hydrogen) atoms. The molecule has 3 aromatic rings. The molecule has 1 unspecified atom stereocenters. The quantitative estimate of drug-likeness (QED) is 0.488. The molecule has 3 aliphatic rings. The molecule has 0 aliphatic carbocycles. The molecule has 1 aromatic heterocycles. The van der Waals surface area contributed by atoms with E-state index in [2.05, 4.69) is 15.0 Å². The largest absolute Gasteiger partial charge is 0.416 e. The molecular formula is C29H27F3N6O3. The van der Waals surface area contributed by atoms with Crippen LogP contribution in [0.15, 0.2) is 65.9 Å². The van der Waals surface area contributed by atoms with Gasteiger partial charge in [0.25, 0.3) is 11.8 Å². The van der Waals surface area contributed by atoms with Crippen LogP contribution in [0.4, 0.5) is 13.2 Å². The van der Waals surface area contributed by atoms with Crippen molar-refractivity contribution < 1.29 is 27.5 Å². The average molecular weight is 565 g/mol. The van der Waals surface area contributed by atoms with Gasteiger partial charge in [0.05, 0.1) is 42.7 Å². The number of aromatic nitrogens is 2. The third-order valence-electron chi connectivity index (χ3n) is 7.72. The van der Waals surface area contributed by atoms with Crippen LogP contribution in [0.1, 0.15) is 57.7 Å². The van der Waals surface area contributed by atoms with Gasteiger partial charge in [0, 0.05) is 31.0 Å². The van der Waals surface area contributed by atoms with E-state index in [-0.39, 0.29) is 49.2 Å². The van der Waals surface area contributed by atoms with Crippen LogP contribution in [0, 0.1) is 0 Å². The fourth-order valence-corrected chi connectivity index (χ4v) is 5.73. The first-order valence-electron chi connectivity index (χ1n) is 13.3. The highest BCUT2D eigenvalue weighted by Crippen LogP contribution is 2.40. The topological polar surface area (TPSA) is 114 Å². The normalized spacial score (nSPS) is 22.3. The van der Waals surface area contributed by atoms with E-state index in [0.29, 0.717) is 23.6 Å². The van der Waals surface area contributed by atoms with Crippen molar-refractivity contribution in [2.75, 3.05) is 6.61 Å². The lowest BCUT2D eigenvalue weighted by atomic mass is 9.84. The zero-order valence-electron chi connectivity index (χ0n) is 22.0. The van der Waals surface area contributed by atoms with E-state index in [1.54, 1.807) is 24.3 Å². The number of nitrogens with zero attached hydrogens (tertiary/aromatic N) is 5. The van der Waals surface area contributed by atoms with Crippen LogP contribution in [0.3, 0.4) is 0 Å². The van der Waals surface area contributed by atoms with Gasteiger partial charge in [-0.05, 0) is 42.2 Å². The van der Waals surface area contributed by atoms with Gasteiger partial charge in [0.15, 0.2) is 11.5 Å². The second kappa shape index (κ2) is 10.3. The monoisotopic (exact) mass is 564 g/mol. The first-order chi connectivity index (χ1) is 19.6. The number of amides is 2. The number of carbonyl (C=O) groups excluding carboxylic acids is 2. The molecule has 0 radical (unpaired) electrons. The summed E-state index contributed by atoms with van der Waals surface area (Å²) in [5.74, 6) is -1.15. The highest BCUT2D eigenvalue weighted by molar-refractivity contribution is 6.07. The average Bonchev–Trinajstić information content (AvgIpc) is 3.69. The van der Waals surface area contributed by atoms with Gasteiger partial charge in [-0.3, -0.25) is 24.5 Å². The van der Waals surface area contributed by atoms with Gasteiger partial charge in [-0.15, -0.1) is 0 Å². The fraction of sp³-hybridized carbons (Fsp3) is 0.345. The zero-order valence-corrected chi connectivity index (χ0v) is 22.0. The molecule has 3 aliphatic heterocycles. The molecule has 2 amide bonds. The van der Waals surface area contributed by atoms with Crippen LogP contribution in [0.2, 0.25) is 0 Å². The molecule has 2 aromatic carbocycles. The Bertz CT molecular complexity index is 1500. The molecule has 9 nitrogen and oxygen atoms in total. The Hall–Kier alpha value is -4.32. The van der Waals surface area contributed by atoms with Gasteiger partial charge in [0.2, 0.25) is 0 Å². The first kappa shape index (κ1) is 26.9. The van der Waals surface area contributed by atoms with Crippen molar-refractivity contribution in [2.24, 2.45) is 10.7 Å². The maximum absolute atomic E-state index is 14.0. The Kier molecular flexibility index (Phi) is 6.72. The van der Waals surface area contributed by atoms with Gasteiger partial charge >= 0.3 is 6.18 Å². The molecule has 1 fully saturated rings.